The Labute approximate surface area is 108 Å². The van der Waals surface area contributed by atoms with Crippen LogP contribution in [0.5, 0.6) is 5.75 Å². The van der Waals surface area contributed by atoms with E-state index in [1.54, 1.807) is 0 Å². The Morgan fingerprint density at radius 1 is 1.37 bits per heavy atom. The topological polar surface area (TPSA) is 85.2 Å². The largest absolute Gasteiger partial charge is 0.514 e. The maximum atomic E-state index is 13.2. The van der Waals surface area contributed by atoms with E-state index in [4.69, 9.17) is 9.11 Å². The van der Waals surface area contributed by atoms with Gasteiger partial charge < -0.3 is 18.6 Å². The first-order valence-electron chi connectivity index (χ1n) is 5.10. The van der Waals surface area contributed by atoms with Crippen molar-refractivity contribution in [1.29, 1.82) is 0 Å². The molecule has 0 amide bonds. The van der Waals surface area contributed by atoms with Crippen molar-refractivity contribution in [2.75, 3.05) is 12.4 Å². The van der Waals surface area contributed by atoms with Crippen molar-refractivity contribution in [2.45, 2.75) is 6.10 Å². The van der Waals surface area contributed by atoms with Gasteiger partial charge in [0.2, 0.25) is 5.75 Å². The van der Waals surface area contributed by atoms with Crippen LogP contribution in [0.25, 0.3) is 0 Å². The van der Waals surface area contributed by atoms with Gasteiger partial charge in [-0.05, 0) is 12.1 Å². The predicted octanol–water partition coefficient (Wildman–Crippen LogP) is 2.54. The Bertz CT molecular complexity index is 475. The number of rotatable bonds is 2. The molecule has 0 aromatic heterocycles. The number of halogens is 2. The minimum Gasteiger partial charge on any atom is -0.427 e. The first-order valence-corrected chi connectivity index (χ1v) is 6.74. The van der Waals surface area contributed by atoms with Gasteiger partial charge >= 0.3 is 6.16 Å². The molecule has 2 N–H and O–H groups in total. The van der Waals surface area contributed by atoms with Crippen LogP contribution >= 0.6 is 10.9 Å². The van der Waals surface area contributed by atoms with Crippen molar-refractivity contribution in [2.24, 2.45) is 0 Å². The lowest BCUT2D eigenvalue weighted by Crippen LogP contribution is -2.24. The molecule has 1 aliphatic heterocycles. The molecule has 0 saturated carbocycles. The molecule has 1 unspecified atom stereocenters. The molecular weight excluding hydrogens is 286 g/mol. The van der Waals surface area contributed by atoms with E-state index in [2.05, 4.69) is 13.7 Å². The van der Waals surface area contributed by atoms with Crippen molar-refractivity contribution in [3.05, 3.63) is 29.8 Å². The lowest BCUT2D eigenvalue weighted by Gasteiger charge is -2.17. The standard InChI is InChI=1S/C10H10F2O6S/c11-7-2-1-3-8(12)9(7)18-10(13)17-6-4-16-19(14,15)5-6/h1-3,6,14-15H,4-5H2. The Balaban J connectivity index is 1.95. The summed E-state index contributed by atoms with van der Waals surface area (Å²) in [6, 6.07) is 2.95. The molecule has 9 heteroatoms. The van der Waals surface area contributed by atoms with Crippen LogP contribution in [0.3, 0.4) is 0 Å². The number of carbonyl (C=O) groups is 1. The lowest BCUT2D eigenvalue weighted by molar-refractivity contribution is 0.0548. The van der Waals surface area contributed by atoms with Gasteiger partial charge in [-0.3, -0.25) is 4.18 Å². The normalized spacial score (nSPS) is 22.8. The quantitative estimate of drug-likeness (QED) is 0.644. The molecule has 1 fully saturated rings. The summed E-state index contributed by atoms with van der Waals surface area (Å²) in [6.07, 6.45) is -2.29. The SMILES string of the molecule is O=C(Oc1c(F)cccc1F)OC1COS(O)(O)C1. The second kappa shape index (κ2) is 5.29. The zero-order chi connectivity index (χ0) is 14.0. The maximum absolute atomic E-state index is 13.2. The average Bonchev–Trinajstić information content (AvgIpc) is 2.63. The number of ether oxygens (including phenoxy) is 2. The average molecular weight is 296 g/mol. The lowest BCUT2D eigenvalue weighted by atomic mass is 10.3. The van der Waals surface area contributed by atoms with Gasteiger partial charge in [0, 0.05) is 0 Å². The fourth-order valence-electron chi connectivity index (χ4n) is 1.41. The molecule has 1 aromatic rings. The van der Waals surface area contributed by atoms with Crippen LogP contribution in [0.1, 0.15) is 0 Å². The van der Waals surface area contributed by atoms with E-state index in [9.17, 15) is 13.6 Å². The molecule has 19 heavy (non-hydrogen) atoms. The highest BCUT2D eigenvalue weighted by Crippen LogP contribution is 2.46. The number of hydrogen-bond donors (Lipinski definition) is 2. The molecule has 0 spiro atoms. The summed E-state index contributed by atoms with van der Waals surface area (Å²) in [5.74, 6) is -3.28. The van der Waals surface area contributed by atoms with Crippen LogP contribution in [0.2, 0.25) is 0 Å². The van der Waals surface area contributed by atoms with Crippen molar-refractivity contribution < 1.29 is 36.3 Å². The molecule has 1 heterocycles. The van der Waals surface area contributed by atoms with Crippen molar-refractivity contribution in [3.63, 3.8) is 0 Å². The van der Waals surface area contributed by atoms with E-state index in [1.807, 2.05) is 0 Å². The summed E-state index contributed by atoms with van der Waals surface area (Å²) in [5.41, 5.74) is 0. The second-order valence-electron chi connectivity index (χ2n) is 3.70. The van der Waals surface area contributed by atoms with Crippen LogP contribution in [0.15, 0.2) is 18.2 Å². The van der Waals surface area contributed by atoms with Crippen LogP contribution in [-0.2, 0) is 8.92 Å². The molecular formula is C10H10F2O6S. The summed E-state index contributed by atoms with van der Waals surface area (Å²) in [4.78, 5) is 11.3. The summed E-state index contributed by atoms with van der Waals surface area (Å²) in [7, 11) is -3.21. The van der Waals surface area contributed by atoms with E-state index < -0.39 is 40.5 Å². The maximum Gasteiger partial charge on any atom is 0.514 e. The molecule has 2 rings (SSSR count). The van der Waals surface area contributed by atoms with Crippen molar-refractivity contribution >= 4 is 17.0 Å². The Kier molecular flexibility index (Phi) is 3.90. The van der Waals surface area contributed by atoms with Crippen LogP contribution in [0, 0.1) is 11.6 Å². The number of hydrogen-bond acceptors (Lipinski definition) is 6. The van der Waals surface area contributed by atoms with Gasteiger partial charge in [0.05, 0.1) is 16.6 Å². The van der Waals surface area contributed by atoms with Gasteiger partial charge in [-0.25, -0.2) is 13.6 Å². The number of benzene rings is 1. The van der Waals surface area contributed by atoms with Gasteiger partial charge in [0.25, 0.3) is 0 Å². The van der Waals surface area contributed by atoms with Crippen molar-refractivity contribution in [1.82, 2.24) is 0 Å². The van der Waals surface area contributed by atoms with Crippen LogP contribution < -0.4 is 4.74 Å². The molecule has 0 aliphatic carbocycles. The van der Waals surface area contributed by atoms with E-state index >= 15 is 0 Å². The first-order chi connectivity index (χ1) is 8.87. The first kappa shape index (κ1) is 14.0. The molecule has 0 radical (unpaired) electrons. The molecule has 106 valence electrons. The minimum absolute atomic E-state index is 0.225. The Morgan fingerprint density at radius 2 is 2.00 bits per heavy atom. The molecule has 1 aromatic carbocycles. The highest BCUT2D eigenvalue weighted by Gasteiger charge is 2.35. The van der Waals surface area contributed by atoms with Gasteiger partial charge in [0.15, 0.2) is 11.6 Å². The smallest absolute Gasteiger partial charge is 0.427 e. The highest BCUT2D eigenvalue weighted by molar-refractivity contribution is 8.20. The molecule has 1 aliphatic rings. The van der Waals surface area contributed by atoms with Gasteiger partial charge in [-0.1, -0.05) is 6.07 Å². The Morgan fingerprint density at radius 3 is 2.53 bits per heavy atom. The highest BCUT2D eigenvalue weighted by atomic mass is 32.3. The fraction of sp³-hybridized carbons (Fsp3) is 0.300. The third kappa shape index (κ3) is 3.53. The van der Waals surface area contributed by atoms with Crippen LogP contribution in [0.4, 0.5) is 13.6 Å². The zero-order valence-corrected chi connectivity index (χ0v) is 10.2. The summed E-state index contributed by atoms with van der Waals surface area (Å²) < 4.78 is 58.2. The zero-order valence-electron chi connectivity index (χ0n) is 9.42. The summed E-state index contributed by atoms with van der Waals surface area (Å²) in [5, 5.41) is 0. The monoisotopic (exact) mass is 296 g/mol. The second-order valence-corrected chi connectivity index (χ2v) is 5.48. The fourth-order valence-corrected chi connectivity index (χ4v) is 2.53. The third-order valence-corrected chi connectivity index (χ3v) is 3.53. The number of para-hydroxylation sites is 1. The number of carbonyl (C=O) groups excluding carboxylic acids is 1. The van der Waals surface area contributed by atoms with Gasteiger partial charge in [0.1, 0.15) is 12.7 Å². The molecule has 1 saturated heterocycles. The Hall–Kier alpha value is -1.42. The predicted molar refractivity (Wildman–Crippen MR) is 60.9 cm³/mol. The molecule has 0 bridgehead atoms. The van der Waals surface area contributed by atoms with E-state index in [1.165, 1.54) is 0 Å². The van der Waals surface area contributed by atoms with E-state index in [-0.39, 0.29) is 12.4 Å². The van der Waals surface area contributed by atoms with Gasteiger partial charge in [-0.15, -0.1) is 0 Å². The van der Waals surface area contributed by atoms with Gasteiger partial charge in [-0.2, -0.15) is 0 Å². The van der Waals surface area contributed by atoms with Crippen molar-refractivity contribution in [3.8, 4) is 5.75 Å². The minimum atomic E-state index is -3.21. The molecule has 1 atom stereocenters. The van der Waals surface area contributed by atoms with E-state index in [0.717, 1.165) is 18.2 Å². The van der Waals surface area contributed by atoms with Crippen LogP contribution in [-0.4, -0.2) is 33.7 Å². The molecule has 6 nitrogen and oxygen atoms in total. The summed E-state index contributed by atoms with van der Waals surface area (Å²) in [6.45, 7) is -0.225. The summed E-state index contributed by atoms with van der Waals surface area (Å²) >= 11 is 0. The van der Waals surface area contributed by atoms with E-state index in [0.29, 0.717) is 0 Å². The third-order valence-electron chi connectivity index (χ3n) is 2.21.